The van der Waals surface area contributed by atoms with E-state index >= 15 is 0 Å². The molecule has 14 heteroatoms. The molecule has 0 aromatic heterocycles. The molecule has 2 atom stereocenters. The van der Waals surface area contributed by atoms with E-state index < -0.39 is 13.8 Å². The predicted octanol–water partition coefficient (Wildman–Crippen LogP) is 3.97. The first-order valence-corrected chi connectivity index (χ1v) is 13.6. The molecule has 2 heterocycles. The van der Waals surface area contributed by atoms with Gasteiger partial charge in [0, 0.05) is 51.8 Å². The zero-order valence-electron chi connectivity index (χ0n) is 20.7. The van der Waals surface area contributed by atoms with Gasteiger partial charge >= 0.3 is 50.1 Å². The topological polar surface area (TPSA) is 53.1 Å². The fourth-order valence-electron chi connectivity index (χ4n) is 3.85. The molecule has 0 spiro atoms. The van der Waals surface area contributed by atoms with Gasteiger partial charge in [-0.1, -0.05) is 30.3 Å². The molecule has 36 heavy (non-hydrogen) atoms. The molecule has 2 saturated heterocycles. The third-order valence-corrected chi connectivity index (χ3v) is 5.47. The van der Waals surface area contributed by atoms with Gasteiger partial charge in [-0.3, -0.25) is 4.90 Å². The Balaban J connectivity index is 0.000000864. The summed E-state index contributed by atoms with van der Waals surface area (Å²) in [5, 5.41) is 8.89. The standard InChI is InChI=1S/C20H34N4.C2H4O2.Cu.F6P/c1-21-9-5-10-23-16-15-22(14-13-21)11-6-12-24(18-17-23)19-20-7-3-2-4-8-20;1-2(3)4;;1-7(2,3,4,5)6/h2-4,7-8H,5-6,9-19H2,1H3;1H3,(H,3,4);;/q;;+2;-1/p-1. The van der Waals surface area contributed by atoms with E-state index in [4.69, 9.17) is 9.90 Å². The number of hydrogen-bond acceptors (Lipinski definition) is 6. The maximum Gasteiger partial charge on any atom is 2.00 e. The summed E-state index contributed by atoms with van der Waals surface area (Å²) in [7, 11) is -8.38. The fourth-order valence-corrected chi connectivity index (χ4v) is 3.85. The number of halogens is 6. The van der Waals surface area contributed by atoms with E-state index in [-0.39, 0.29) is 17.1 Å². The number of carboxylic acids is 1. The molecule has 2 aliphatic rings. The minimum absolute atomic E-state index is 0. The predicted molar refractivity (Wildman–Crippen MR) is 126 cm³/mol. The smallest absolute Gasteiger partial charge is 2.00 e. The Morgan fingerprint density at radius 1 is 0.778 bits per heavy atom. The second-order valence-electron chi connectivity index (χ2n) is 8.91. The average molecular weight is 598 g/mol. The van der Waals surface area contributed by atoms with Crippen molar-refractivity contribution < 1.29 is 52.2 Å². The maximum atomic E-state index is 9.87. The molecule has 0 aliphatic carbocycles. The first-order valence-electron chi connectivity index (χ1n) is 11.6. The number of rotatable bonds is 2. The number of nitrogens with zero attached hydrogens (tertiary/aromatic N) is 4. The third-order valence-electron chi connectivity index (χ3n) is 5.47. The summed E-state index contributed by atoms with van der Waals surface area (Å²) in [6.45, 7) is 14.3. The van der Waals surface area contributed by atoms with E-state index in [9.17, 15) is 25.2 Å². The van der Waals surface area contributed by atoms with Crippen molar-refractivity contribution in [1.82, 2.24) is 19.6 Å². The van der Waals surface area contributed by atoms with Crippen LogP contribution < -0.4 is 5.11 Å². The number of fused-ring (bicyclic) bond motifs is 3. The Kier molecular flexibility index (Phi) is 14.5. The molecule has 2 aliphatic heterocycles. The summed E-state index contributed by atoms with van der Waals surface area (Å²) < 4.78 is 59.2. The van der Waals surface area contributed by atoms with Crippen LogP contribution in [-0.2, 0) is 28.4 Å². The quantitative estimate of drug-likeness (QED) is 0.292. The number of carbonyl (C=O) groups is 1. The van der Waals surface area contributed by atoms with Crippen LogP contribution in [0.4, 0.5) is 25.2 Å². The van der Waals surface area contributed by atoms with Gasteiger partial charge in [-0.2, -0.15) is 0 Å². The molecule has 3 rings (SSSR count). The normalized spacial score (nSPS) is 24.2. The molecule has 2 fully saturated rings. The van der Waals surface area contributed by atoms with E-state index in [0.29, 0.717) is 0 Å². The van der Waals surface area contributed by atoms with Gasteiger partial charge in [0.25, 0.3) is 0 Å². The monoisotopic (exact) mass is 597 g/mol. The van der Waals surface area contributed by atoms with Gasteiger partial charge in [0.2, 0.25) is 0 Å². The van der Waals surface area contributed by atoms with Crippen molar-refractivity contribution in [2.45, 2.75) is 26.3 Å². The van der Waals surface area contributed by atoms with Gasteiger partial charge < -0.3 is 24.6 Å². The van der Waals surface area contributed by atoms with Crippen molar-refractivity contribution in [3.8, 4) is 0 Å². The van der Waals surface area contributed by atoms with Gasteiger partial charge in [-0.05, 0) is 58.6 Å². The Bertz CT molecular complexity index is 746. The van der Waals surface area contributed by atoms with Crippen LogP contribution >= 0.6 is 7.81 Å². The third kappa shape index (κ3) is 23.5. The summed E-state index contributed by atoms with van der Waals surface area (Å²) in [4.78, 5) is 19.4. The van der Waals surface area contributed by atoms with E-state index in [2.05, 4.69) is 57.0 Å². The molecule has 0 N–H and O–H groups in total. The van der Waals surface area contributed by atoms with Gasteiger partial charge in [0.1, 0.15) is 0 Å². The largest absolute Gasteiger partial charge is 2.00 e. The van der Waals surface area contributed by atoms with Gasteiger partial charge in [-0.15, -0.1) is 0 Å². The number of hydrogen-bond donors (Lipinski definition) is 0. The zero-order chi connectivity index (χ0) is 26.6. The fraction of sp³-hybridized carbons (Fsp3) is 0.682. The first-order chi connectivity index (χ1) is 16.0. The van der Waals surface area contributed by atoms with Crippen molar-refractivity contribution in [3.63, 3.8) is 0 Å². The molecule has 215 valence electrons. The molecule has 2 bridgehead atoms. The van der Waals surface area contributed by atoms with E-state index in [1.807, 2.05) is 0 Å². The van der Waals surface area contributed by atoms with Gasteiger partial charge in [-0.25, -0.2) is 0 Å². The average Bonchev–Trinajstić information content (AvgIpc) is 2.70. The summed E-state index contributed by atoms with van der Waals surface area (Å²) in [5.41, 5.74) is 1.45. The van der Waals surface area contributed by atoms with Crippen LogP contribution in [0.3, 0.4) is 0 Å². The van der Waals surface area contributed by atoms with Crippen LogP contribution in [0.2, 0.25) is 0 Å². The Morgan fingerprint density at radius 3 is 1.69 bits per heavy atom. The van der Waals surface area contributed by atoms with Crippen LogP contribution in [0.25, 0.3) is 0 Å². The minimum Gasteiger partial charge on any atom is 2.00 e. The zero-order valence-corrected chi connectivity index (χ0v) is 22.5. The molecular formula is C22H37CuF6N4O2P. The van der Waals surface area contributed by atoms with Crippen LogP contribution in [0, 0.1) is 0 Å². The van der Waals surface area contributed by atoms with Crippen molar-refractivity contribution >= 4 is 13.8 Å². The number of benzene rings is 1. The van der Waals surface area contributed by atoms with Crippen molar-refractivity contribution in [1.29, 1.82) is 0 Å². The van der Waals surface area contributed by atoms with Crippen molar-refractivity contribution in [3.05, 3.63) is 35.9 Å². The Hall–Kier alpha value is -0.941. The van der Waals surface area contributed by atoms with Gasteiger partial charge in [0.05, 0.1) is 0 Å². The van der Waals surface area contributed by atoms with Crippen molar-refractivity contribution in [2.75, 3.05) is 72.5 Å². The molecule has 6 nitrogen and oxygen atoms in total. The SMILES string of the molecule is CC(=O)[O-].CN1CCCN2CCN(CCCN(Cc3ccccc3)CC2)CC1.F[P-](F)(F)(F)(F)F.[Cu+2]. The molecular weight excluding hydrogens is 561 g/mol. The van der Waals surface area contributed by atoms with Gasteiger partial charge in [0.15, 0.2) is 0 Å². The summed E-state index contributed by atoms with van der Waals surface area (Å²) in [6, 6.07) is 11.0. The maximum absolute atomic E-state index is 10.7. The molecule has 0 saturated carbocycles. The second-order valence-corrected chi connectivity index (χ2v) is 10.8. The van der Waals surface area contributed by atoms with E-state index in [0.717, 1.165) is 13.5 Å². The Labute approximate surface area is 220 Å². The number of aliphatic carboxylic acids is 1. The first kappa shape index (κ1) is 35.1. The number of carboxylic acid groups (broad SMARTS) is 1. The summed E-state index contributed by atoms with van der Waals surface area (Å²) >= 11 is 0. The van der Waals surface area contributed by atoms with Crippen LogP contribution in [-0.4, -0.2) is 98.1 Å². The summed E-state index contributed by atoms with van der Waals surface area (Å²) in [6.07, 6.45) is 2.59. The Morgan fingerprint density at radius 2 is 1.19 bits per heavy atom. The minimum atomic E-state index is -10.7. The second kappa shape index (κ2) is 14.9. The molecule has 0 amide bonds. The van der Waals surface area contributed by atoms with E-state index in [1.54, 1.807) is 0 Å². The molecule has 1 aromatic rings. The van der Waals surface area contributed by atoms with Crippen LogP contribution in [0.15, 0.2) is 30.3 Å². The molecule has 2 unspecified atom stereocenters. The van der Waals surface area contributed by atoms with Crippen molar-refractivity contribution in [2.24, 2.45) is 0 Å². The van der Waals surface area contributed by atoms with Crippen LogP contribution in [0.5, 0.6) is 0 Å². The van der Waals surface area contributed by atoms with Crippen LogP contribution in [0.1, 0.15) is 25.3 Å². The van der Waals surface area contributed by atoms with E-state index in [1.165, 1.54) is 83.9 Å². The molecule has 1 radical (unpaired) electrons. The number of likely N-dealkylation sites (N-methyl/N-ethyl adjacent to an activating group) is 1. The molecule has 1 aromatic carbocycles. The summed E-state index contributed by atoms with van der Waals surface area (Å²) in [5.74, 6) is -1.08. The number of carbonyl (C=O) groups excluding carboxylic acids is 1.